The fourth-order valence-electron chi connectivity index (χ4n) is 1.43. The summed E-state index contributed by atoms with van der Waals surface area (Å²) in [5, 5.41) is 0. The summed E-state index contributed by atoms with van der Waals surface area (Å²) in [6, 6.07) is 5.04. The summed E-state index contributed by atoms with van der Waals surface area (Å²) < 4.78 is 33.0. The highest BCUT2D eigenvalue weighted by atomic mass is 32.2. The van der Waals surface area contributed by atoms with Gasteiger partial charge in [0.1, 0.15) is 16.7 Å². The first-order valence-electron chi connectivity index (χ1n) is 4.52. The molecule has 0 amide bonds. The number of hydrogen-bond acceptors (Lipinski definition) is 4. The Kier molecular flexibility index (Phi) is 2.44. The summed E-state index contributed by atoms with van der Waals surface area (Å²) in [5.41, 5.74) is 0.958. The molecule has 0 aromatic heterocycles. The number of benzene rings is 1. The SMILES string of the molecule is COc1cc([C@@H]2CO2)ccc1S(C)(=O)=O. The zero-order valence-corrected chi connectivity index (χ0v) is 9.37. The maximum absolute atomic E-state index is 11.4. The van der Waals surface area contributed by atoms with Crippen molar-refractivity contribution in [1.82, 2.24) is 0 Å². The molecule has 0 radical (unpaired) electrons. The van der Waals surface area contributed by atoms with Crippen LogP contribution < -0.4 is 4.74 Å². The summed E-state index contributed by atoms with van der Waals surface area (Å²) in [6.07, 6.45) is 1.27. The maximum Gasteiger partial charge on any atom is 0.179 e. The van der Waals surface area contributed by atoms with Gasteiger partial charge in [-0.15, -0.1) is 0 Å². The van der Waals surface area contributed by atoms with Crippen LogP contribution in [0.4, 0.5) is 0 Å². The Morgan fingerprint density at radius 1 is 1.47 bits per heavy atom. The van der Waals surface area contributed by atoms with Crippen molar-refractivity contribution in [2.45, 2.75) is 11.0 Å². The van der Waals surface area contributed by atoms with Gasteiger partial charge < -0.3 is 9.47 Å². The Morgan fingerprint density at radius 2 is 2.13 bits per heavy atom. The number of hydrogen-bond donors (Lipinski definition) is 0. The molecule has 0 bridgehead atoms. The topological polar surface area (TPSA) is 55.9 Å². The third kappa shape index (κ3) is 2.13. The summed E-state index contributed by atoms with van der Waals surface area (Å²) in [4.78, 5) is 0.217. The predicted molar refractivity (Wildman–Crippen MR) is 54.8 cm³/mol. The van der Waals surface area contributed by atoms with Gasteiger partial charge in [-0.2, -0.15) is 0 Å². The number of sulfone groups is 1. The van der Waals surface area contributed by atoms with E-state index >= 15 is 0 Å². The van der Waals surface area contributed by atoms with Crippen molar-refractivity contribution in [3.63, 3.8) is 0 Å². The second-order valence-electron chi connectivity index (χ2n) is 3.50. The lowest BCUT2D eigenvalue weighted by Crippen LogP contribution is -2.01. The molecule has 1 atom stereocenters. The van der Waals surface area contributed by atoms with Gasteiger partial charge in [0.2, 0.25) is 0 Å². The molecular weight excluding hydrogens is 216 g/mol. The van der Waals surface area contributed by atoms with Crippen molar-refractivity contribution in [3.8, 4) is 5.75 Å². The molecule has 0 saturated carbocycles. The van der Waals surface area contributed by atoms with Gasteiger partial charge in [-0.3, -0.25) is 0 Å². The van der Waals surface area contributed by atoms with Gasteiger partial charge >= 0.3 is 0 Å². The standard InChI is InChI=1S/C10H12O4S/c1-13-8-5-7(9-6-14-9)3-4-10(8)15(2,11)12/h3-5,9H,6H2,1-2H3/t9-/m0/s1. The molecule has 1 fully saturated rings. The molecule has 82 valence electrons. The van der Waals surface area contributed by atoms with Crippen LogP contribution in [0.3, 0.4) is 0 Å². The van der Waals surface area contributed by atoms with Crippen LogP contribution in [0.2, 0.25) is 0 Å². The van der Waals surface area contributed by atoms with E-state index in [-0.39, 0.29) is 11.0 Å². The van der Waals surface area contributed by atoms with Crippen LogP contribution in [-0.2, 0) is 14.6 Å². The van der Waals surface area contributed by atoms with E-state index in [2.05, 4.69) is 0 Å². The predicted octanol–water partition coefficient (Wildman–Crippen LogP) is 1.17. The molecule has 1 aliphatic rings. The lowest BCUT2D eigenvalue weighted by atomic mass is 10.1. The van der Waals surface area contributed by atoms with Gasteiger partial charge in [-0.25, -0.2) is 8.42 Å². The van der Waals surface area contributed by atoms with Gasteiger partial charge in [-0.05, 0) is 17.7 Å². The van der Waals surface area contributed by atoms with E-state index in [1.807, 2.05) is 0 Å². The molecule has 0 N–H and O–H groups in total. The van der Waals surface area contributed by atoms with Gasteiger partial charge in [0.05, 0.1) is 13.7 Å². The molecule has 1 aromatic rings. The summed E-state index contributed by atoms with van der Waals surface area (Å²) in [5.74, 6) is 0.380. The van der Waals surface area contributed by atoms with E-state index in [4.69, 9.17) is 9.47 Å². The highest BCUT2D eigenvalue weighted by Gasteiger charge is 2.26. The van der Waals surface area contributed by atoms with E-state index in [1.165, 1.54) is 7.11 Å². The molecule has 1 aliphatic heterocycles. The van der Waals surface area contributed by atoms with Crippen molar-refractivity contribution in [2.75, 3.05) is 20.0 Å². The molecule has 0 aliphatic carbocycles. The van der Waals surface area contributed by atoms with Gasteiger partial charge in [0.15, 0.2) is 9.84 Å². The zero-order chi connectivity index (χ0) is 11.1. The van der Waals surface area contributed by atoms with Crippen molar-refractivity contribution in [1.29, 1.82) is 0 Å². The molecule has 1 aromatic carbocycles. The Balaban J connectivity index is 2.48. The molecular formula is C10H12O4S. The number of rotatable bonds is 3. The minimum Gasteiger partial charge on any atom is -0.495 e. The first-order valence-corrected chi connectivity index (χ1v) is 6.41. The van der Waals surface area contributed by atoms with Crippen LogP contribution in [0, 0.1) is 0 Å². The Bertz CT molecular complexity index is 474. The average molecular weight is 228 g/mol. The van der Waals surface area contributed by atoms with Crippen molar-refractivity contribution in [2.24, 2.45) is 0 Å². The molecule has 0 spiro atoms. The highest BCUT2D eigenvalue weighted by molar-refractivity contribution is 7.90. The van der Waals surface area contributed by atoms with E-state index in [1.54, 1.807) is 18.2 Å². The van der Waals surface area contributed by atoms with E-state index in [0.717, 1.165) is 11.8 Å². The molecule has 15 heavy (non-hydrogen) atoms. The Hall–Kier alpha value is -1.07. The number of epoxide rings is 1. The van der Waals surface area contributed by atoms with E-state index < -0.39 is 9.84 Å². The third-order valence-corrected chi connectivity index (χ3v) is 3.43. The summed E-state index contributed by atoms with van der Waals surface area (Å²) in [6.45, 7) is 0.696. The van der Waals surface area contributed by atoms with Crippen molar-refractivity contribution in [3.05, 3.63) is 23.8 Å². The van der Waals surface area contributed by atoms with Crippen LogP contribution in [0.15, 0.2) is 23.1 Å². The highest BCUT2D eigenvalue weighted by Crippen LogP contribution is 2.34. The molecule has 4 nitrogen and oxygen atoms in total. The zero-order valence-electron chi connectivity index (χ0n) is 8.56. The Labute approximate surface area is 88.7 Å². The van der Waals surface area contributed by atoms with Gasteiger partial charge in [-0.1, -0.05) is 6.07 Å². The first-order chi connectivity index (χ1) is 7.02. The van der Waals surface area contributed by atoms with E-state index in [0.29, 0.717) is 12.4 Å². The summed E-state index contributed by atoms with van der Waals surface area (Å²) in [7, 11) is -1.77. The lowest BCUT2D eigenvalue weighted by Gasteiger charge is -2.07. The van der Waals surface area contributed by atoms with Crippen LogP contribution in [0.1, 0.15) is 11.7 Å². The molecule has 5 heteroatoms. The van der Waals surface area contributed by atoms with Crippen molar-refractivity contribution < 1.29 is 17.9 Å². The number of ether oxygens (including phenoxy) is 2. The largest absolute Gasteiger partial charge is 0.495 e. The minimum absolute atomic E-state index is 0.104. The second-order valence-corrected chi connectivity index (χ2v) is 5.49. The first kappa shape index (κ1) is 10.4. The molecule has 1 saturated heterocycles. The monoisotopic (exact) mass is 228 g/mol. The number of methoxy groups -OCH3 is 1. The maximum atomic E-state index is 11.4. The fourth-order valence-corrected chi connectivity index (χ4v) is 2.25. The van der Waals surface area contributed by atoms with Gasteiger partial charge in [0.25, 0.3) is 0 Å². The average Bonchev–Trinajstić information content (AvgIpc) is 2.98. The third-order valence-electron chi connectivity index (χ3n) is 2.29. The minimum atomic E-state index is -3.23. The molecule has 0 unspecified atom stereocenters. The second kappa shape index (κ2) is 3.50. The Morgan fingerprint density at radius 3 is 2.60 bits per heavy atom. The lowest BCUT2D eigenvalue weighted by molar-refractivity contribution is 0.396. The van der Waals surface area contributed by atoms with Crippen LogP contribution in [0.5, 0.6) is 5.75 Å². The quantitative estimate of drug-likeness (QED) is 0.729. The molecule has 2 rings (SSSR count). The summed E-state index contributed by atoms with van der Waals surface area (Å²) >= 11 is 0. The molecule has 1 heterocycles. The smallest absolute Gasteiger partial charge is 0.179 e. The van der Waals surface area contributed by atoms with Crippen LogP contribution >= 0.6 is 0 Å². The normalized spacial score (nSPS) is 20.0. The fraction of sp³-hybridized carbons (Fsp3) is 0.400. The van der Waals surface area contributed by atoms with Crippen LogP contribution in [0.25, 0.3) is 0 Å². The van der Waals surface area contributed by atoms with E-state index in [9.17, 15) is 8.42 Å². The van der Waals surface area contributed by atoms with Crippen LogP contribution in [-0.4, -0.2) is 28.4 Å². The van der Waals surface area contributed by atoms with Crippen molar-refractivity contribution >= 4 is 9.84 Å². The van der Waals surface area contributed by atoms with Gasteiger partial charge in [0, 0.05) is 6.26 Å².